The van der Waals surface area contributed by atoms with Gasteiger partial charge in [0, 0.05) is 7.05 Å². The highest BCUT2D eigenvalue weighted by molar-refractivity contribution is 7.92. The van der Waals surface area contributed by atoms with Crippen molar-refractivity contribution in [3.63, 3.8) is 0 Å². The zero-order chi connectivity index (χ0) is 20.9. The smallest absolute Gasteiger partial charge is 0.266 e. The molecule has 0 aromatic heterocycles. The number of rotatable bonds is 8. The van der Waals surface area contributed by atoms with Crippen LogP contribution in [0.4, 0.5) is 10.1 Å². The van der Waals surface area contributed by atoms with Gasteiger partial charge in [-0.1, -0.05) is 35.9 Å². The average molecular weight is 436 g/mol. The number of anilines is 1. The Bertz CT molecular complexity index is 1070. The molecule has 0 heterocycles. The molecule has 0 unspecified atom stereocenters. The molecule has 0 radical (unpaired) electrons. The van der Waals surface area contributed by atoms with Crippen molar-refractivity contribution in [1.82, 2.24) is 0 Å². The summed E-state index contributed by atoms with van der Waals surface area (Å²) in [7, 11) is -2.64. The van der Waals surface area contributed by atoms with E-state index < -0.39 is 15.8 Å². The molecule has 0 aliphatic carbocycles. The van der Waals surface area contributed by atoms with E-state index in [-0.39, 0.29) is 11.5 Å². The largest absolute Gasteiger partial charge is 0.490 e. The maximum atomic E-state index is 13.9. The van der Waals surface area contributed by atoms with Gasteiger partial charge in [-0.2, -0.15) is 0 Å². The third-order valence-corrected chi connectivity index (χ3v) is 6.25. The Morgan fingerprint density at radius 2 is 1.52 bits per heavy atom. The van der Waals surface area contributed by atoms with E-state index in [9.17, 15) is 12.8 Å². The van der Waals surface area contributed by atoms with Gasteiger partial charge in [-0.15, -0.1) is 0 Å². The molecule has 3 aromatic rings. The van der Waals surface area contributed by atoms with Crippen LogP contribution in [0.1, 0.15) is 0 Å². The summed E-state index contributed by atoms with van der Waals surface area (Å²) in [5.41, 5.74) is 0.382. The number of ether oxygens (including phenoxy) is 2. The molecule has 29 heavy (non-hydrogen) atoms. The Labute approximate surface area is 174 Å². The Kier molecular flexibility index (Phi) is 6.61. The van der Waals surface area contributed by atoms with E-state index in [1.165, 1.54) is 25.2 Å². The van der Waals surface area contributed by atoms with Gasteiger partial charge in [-0.25, -0.2) is 12.8 Å². The van der Waals surface area contributed by atoms with Crippen LogP contribution in [0.2, 0.25) is 5.02 Å². The predicted octanol–water partition coefficient (Wildman–Crippen LogP) is 4.76. The summed E-state index contributed by atoms with van der Waals surface area (Å²) in [6, 6.07) is 18.9. The molecule has 3 rings (SSSR count). The molecule has 0 aliphatic heterocycles. The molecule has 0 aliphatic rings. The first-order valence-electron chi connectivity index (χ1n) is 8.73. The number of hydrogen-bond acceptors (Lipinski definition) is 4. The van der Waals surface area contributed by atoms with Gasteiger partial charge in [0.25, 0.3) is 10.0 Å². The number of sulfonamides is 1. The lowest BCUT2D eigenvalue weighted by atomic mass is 10.3. The lowest BCUT2D eigenvalue weighted by Crippen LogP contribution is -2.27. The number of halogens is 2. The minimum atomic E-state index is -4.01. The van der Waals surface area contributed by atoms with E-state index >= 15 is 0 Å². The quantitative estimate of drug-likeness (QED) is 0.478. The highest BCUT2D eigenvalue weighted by Gasteiger charge is 2.24. The van der Waals surface area contributed by atoms with Crippen molar-refractivity contribution in [2.75, 3.05) is 24.6 Å². The molecule has 0 amide bonds. The molecule has 0 saturated heterocycles. The molecule has 152 valence electrons. The van der Waals surface area contributed by atoms with E-state index in [4.69, 9.17) is 21.1 Å². The Hall–Kier alpha value is -2.77. The first-order valence-corrected chi connectivity index (χ1v) is 10.5. The molecule has 5 nitrogen and oxygen atoms in total. The predicted molar refractivity (Wildman–Crippen MR) is 111 cm³/mol. The summed E-state index contributed by atoms with van der Waals surface area (Å²) in [5, 5.41) is 0.524. The van der Waals surface area contributed by atoms with Crippen molar-refractivity contribution in [1.29, 1.82) is 0 Å². The third kappa shape index (κ3) is 4.99. The number of nitrogens with zero attached hydrogens (tertiary/aromatic N) is 1. The van der Waals surface area contributed by atoms with Crippen LogP contribution in [0.3, 0.4) is 0 Å². The molecule has 0 spiro atoms. The van der Waals surface area contributed by atoms with E-state index in [0.29, 0.717) is 28.8 Å². The third-order valence-electron chi connectivity index (χ3n) is 4.12. The van der Waals surface area contributed by atoms with Crippen molar-refractivity contribution < 1.29 is 22.3 Å². The Morgan fingerprint density at radius 3 is 2.21 bits per heavy atom. The van der Waals surface area contributed by atoms with Crippen LogP contribution >= 0.6 is 11.6 Å². The SMILES string of the molecule is CN(c1ccc(OCCOc2ccccc2Cl)cc1)S(=O)(=O)c1ccccc1F. The number of benzene rings is 3. The molecule has 0 saturated carbocycles. The molecule has 0 fully saturated rings. The van der Waals surface area contributed by atoms with Gasteiger partial charge in [0.2, 0.25) is 0 Å². The van der Waals surface area contributed by atoms with Crippen molar-refractivity contribution in [2.24, 2.45) is 0 Å². The summed E-state index contributed by atoms with van der Waals surface area (Å²) >= 11 is 6.02. The average Bonchev–Trinajstić information content (AvgIpc) is 2.72. The summed E-state index contributed by atoms with van der Waals surface area (Å²) in [6.45, 7) is 0.584. The van der Waals surface area contributed by atoms with Crippen LogP contribution in [-0.4, -0.2) is 28.7 Å². The standard InChI is InChI=1S/C21H19ClFNO4S/c1-24(29(25,26)21-9-5-3-7-19(21)23)16-10-12-17(13-11-16)27-14-15-28-20-8-4-2-6-18(20)22/h2-13H,14-15H2,1H3. The van der Waals surface area contributed by atoms with Gasteiger partial charge < -0.3 is 9.47 Å². The van der Waals surface area contributed by atoms with Gasteiger partial charge in [0.1, 0.15) is 35.4 Å². The van der Waals surface area contributed by atoms with Crippen molar-refractivity contribution in [3.8, 4) is 11.5 Å². The first-order chi connectivity index (χ1) is 13.9. The highest BCUT2D eigenvalue weighted by Crippen LogP contribution is 2.26. The Balaban J connectivity index is 1.60. The van der Waals surface area contributed by atoms with E-state index in [1.54, 1.807) is 36.4 Å². The Morgan fingerprint density at radius 1 is 0.897 bits per heavy atom. The second-order valence-electron chi connectivity index (χ2n) is 6.02. The highest BCUT2D eigenvalue weighted by atomic mass is 35.5. The van der Waals surface area contributed by atoms with E-state index in [0.717, 1.165) is 10.4 Å². The fourth-order valence-corrected chi connectivity index (χ4v) is 4.02. The second-order valence-corrected chi connectivity index (χ2v) is 8.37. The summed E-state index contributed by atoms with van der Waals surface area (Å²) in [5.74, 6) is 0.333. The van der Waals surface area contributed by atoms with Crippen LogP contribution in [0, 0.1) is 5.82 Å². The fraction of sp³-hybridized carbons (Fsp3) is 0.143. The minimum absolute atomic E-state index is 0.286. The second kappa shape index (κ2) is 9.15. The summed E-state index contributed by atoms with van der Waals surface area (Å²) in [4.78, 5) is -0.375. The van der Waals surface area contributed by atoms with Gasteiger partial charge in [-0.05, 0) is 48.5 Å². The molecular formula is C21H19ClFNO4S. The minimum Gasteiger partial charge on any atom is -0.490 e. The van der Waals surface area contributed by atoms with Crippen molar-refractivity contribution >= 4 is 27.3 Å². The molecule has 0 bridgehead atoms. The van der Waals surface area contributed by atoms with Gasteiger partial charge in [0.15, 0.2) is 0 Å². The zero-order valence-corrected chi connectivity index (χ0v) is 17.2. The van der Waals surface area contributed by atoms with Crippen LogP contribution < -0.4 is 13.8 Å². The van der Waals surface area contributed by atoms with Gasteiger partial charge >= 0.3 is 0 Å². The van der Waals surface area contributed by atoms with Crippen LogP contribution in [0.25, 0.3) is 0 Å². The summed E-state index contributed by atoms with van der Waals surface area (Å²) < 4.78 is 51.3. The topological polar surface area (TPSA) is 55.8 Å². The van der Waals surface area contributed by atoms with Crippen LogP contribution in [0.15, 0.2) is 77.7 Å². The molecule has 3 aromatic carbocycles. The lowest BCUT2D eigenvalue weighted by Gasteiger charge is -2.20. The monoisotopic (exact) mass is 435 g/mol. The summed E-state index contributed by atoms with van der Waals surface area (Å²) in [6.07, 6.45) is 0. The first kappa shape index (κ1) is 21.0. The molecule has 0 atom stereocenters. The molecule has 8 heteroatoms. The maximum absolute atomic E-state index is 13.9. The van der Waals surface area contributed by atoms with Crippen molar-refractivity contribution in [3.05, 3.63) is 83.6 Å². The lowest BCUT2D eigenvalue weighted by molar-refractivity contribution is 0.217. The van der Waals surface area contributed by atoms with Crippen molar-refractivity contribution in [2.45, 2.75) is 4.90 Å². The van der Waals surface area contributed by atoms with E-state index in [1.807, 2.05) is 12.1 Å². The molecule has 0 N–H and O–H groups in total. The maximum Gasteiger partial charge on any atom is 0.266 e. The van der Waals surface area contributed by atoms with Crippen LogP contribution in [0.5, 0.6) is 11.5 Å². The van der Waals surface area contributed by atoms with E-state index in [2.05, 4.69) is 0 Å². The zero-order valence-electron chi connectivity index (χ0n) is 15.6. The van der Waals surface area contributed by atoms with Gasteiger partial charge in [0.05, 0.1) is 10.7 Å². The van der Waals surface area contributed by atoms with Crippen LogP contribution in [-0.2, 0) is 10.0 Å². The number of para-hydroxylation sites is 1. The van der Waals surface area contributed by atoms with Gasteiger partial charge in [-0.3, -0.25) is 4.31 Å². The normalized spacial score (nSPS) is 11.1. The molecular weight excluding hydrogens is 417 g/mol. The fourth-order valence-electron chi connectivity index (χ4n) is 2.57. The number of hydrogen-bond donors (Lipinski definition) is 0.